The van der Waals surface area contributed by atoms with Crippen molar-refractivity contribution >= 4 is 0 Å². The van der Waals surface area contributed by atoms with Crippen molar-refractivity contribution in [2.45, 2.75) is 52.1 Å². The first-order chi connectivity index (χ1) is 8.56. The van der Waals surface area contributed by atoms with Crippen LogP contribution in [0, 0.1) is 5.92 Å². The molecule has 0 spiro atoms. The predicted octanol–water partition coefficient (Wildman–Crippen LogP) is 2.04. The zero-order chi connectivity index (χ0) is 13.5. The summed E-state index contributed by atoms with van der Waals surface area (Å²) in [6.45, 7) is 11.8. The Morgan fingerprint density at radius 1 is 1.22 bits per heavy atom. The van der Waals surface area contributed by atoms with E-state index < -0.39 is 0 Å². The fourth-order valence-corrected chi connectivity index (χ4v) is 2.95. The van der Waals surface area contributed by atoms with Gasteiger partial charge in [-0.2, -0.15) is 0 Å². The van der Waals surface area contributed by atoms with Crippen molar-refractivity contribution in [3.05, 3.63) is 0 Å². The van der Waals surface area contributed by atoms with Crippen LogP contribution < -0.4 is 5.32 Å². The summed E-state index contributed by atoms with van der Waals surface area (Å²) in [6, 6.07) is 1.50. The van der Waals surface area contributed by atoms with Crippen molar-refractivity contribution in [1.82, 2.24) is 15.1 Å². The van der Waals surface area contributed by atoms with Crippen LogP contribution in [-0.4, -0.2) is 62.2 Å². The molecule has 1 aliphatic heterocycles. The van der Waals surface area contributed by atoms with Crippen molar-refractivity contribution < 1.29 is 0 Å². The molecule has 3 heteroatoms. The third kappa shape index (κ3) is 4.87. The summed E-state index contributed by atoms with van der Waals surface area (Å²) in [4.78, 5) is 5.09. The normalized spacial score (nSPS) is 20.8. The Kier molecular flexibility index (Phi) is 7.20. The molecule has 1 N–H and O–H groups in total. The molecule has 0 aliphatic carbocycles. The molecule has 0 radical (unpaired) electrons. The lowest BCUT2D eigenvalue weighted by Gasteiger charge is -2.41. The molecule has 108 valence electrons. The van der Waals surface area contributed by atoms with Crippen LogP contribution in [0.4, 0.5) is 0 Å². The van der Waals surface area contributed by atoms with Crippen molar-refractivity contribution in [3.63, 3.8) is 0 Å². The van der Waals surface area contributed by atoms with E-state index >= 15 is 0 Å². The van der Waals surface area contributed by atoms with Crippen LogP contribution in [0.5, 0.6) is 0 Å². The molecule has 0 bridgehead atoms. The molecule has 1 aliphatic rings. The molecule has 1 heterocycles. The highest BCUT2D eigenvalue weighted by molar-refractivity contribution is 4.84. The Bertz CT molecular complexity index is 208. The molecular formula is C15H33N3. The van der Waals surface area contributed by atoms with E-state index in [2.05, 4.69) is 50.0 Å². The van der Waals surface area contributed by atoms with Gasteiger partial charge in [0.05, 0.1) is 0 Å². The van der Waals surface area contributed by atoms with Gasteiger partial charge in [-0.25, -0.2) is 0 Å². The minimum Gasteiger partial charge on any atom is -0.315 e. The van der Waals surface area contributed by atoms with E-state index in [1.54, 1.807) is 0 Å². The van der Waals surface area contributed by atoms with Crippen molar-refractivity contribution in [2.75, 3.05) is 40.3 Å². The van der Waals surface area contributed by atoms with Crippen LogP contribution in [0.25, 0.3) is 0 Å². The van der Waals surface area contributed by atoms with Gasteiger partial charge in [-0.1, -0.05) is 20.8 Å². The van der Waals surface area contributed by atoms with Gasteiger partial charge >= 0.3 is 0 Å². The number of hydrogen-bond acceptors (Lipinski definition) is 3. The molecule has 0 aromatic heterocycles. The summed E-state index contributed by atoms with van der Waals surface area (Å²) in [5.74, 6) is 0.741. The van der Waals surface area contributed by atoms with Crippen molar-refractivity contribution in [3.8, 4) is 0 Å². The average molecular weight is 255 g/mol. The highest BCUT2D eigenvalue weighted by atomic mass is 15.2. The Hall–Kier alpha value is -0.120. The summed E-state index contributed by atoms with van der Waals surface area (Å²) in [6.07, 6.45) is 3.88. The first kappa shape index (κ1) is 15.9. The van der Waals surface area contributed by atoms with Crippen LogP contribution in [0.15, 0.2) is 0 Å². The number of nitrogens with one attached hydrogen (secondary N) is 1. The summed E-state index contributed by atoms with van der Waals surface area (Å²) >= 11 is 0. The molecule has 1 unspecified atom stereocenters. The van der Waals surface area contributed by atoms with E-state index in [0.29, 0.717) is 6.04 Å². The minimum absolute atomic E-state index is 0.708. The van der Waals surface area contributed by atoms with E-state index in [1.165, 1.54) is 32.4 Å². The van der Waals surface area contributed by atoms with Crippen LogP contribution >= 0.6 is 0 Å². The highest BCUT2D eigenvalue weighted by Gasteiger charge is 2.27. The van der Waals surface area contributed by atoms with Crippen LogP contribution in [-0.2, 0) is 0 Å². The summed E-state index contributed by atoms with van der Waals surface area (Å²) < 4.78 is 0. The Morgan fingerprint density at radius 3 is 2.28 bits per heavy atom. The fourth-order valence-electron chi connectivity index (χ4n) is 2.95. The molecule has 1 atom stereocenters. The molecule has 0 amide bonds. The number of piperidine rings is 1. The number of likely N-dealkylation sites (tertiary alicyclic amines) is 1. The third-order valence-electron chi connectivity index (χ3n) is 4.25. The lowest BCUT2D eigenvalue weighted by molar-refractivity contribution is 0.0864. The summed E-state index contributed by atoms with van der Waals surface area (Å²) in [7, 11) is 4.42. The molecule has 3 nitrogen and oxygen atoms in total. The topological polar surface area (TPSA) is 18.5 Å². The van der Waals surface area contributed by atoms with Gasteiger partial charge in [0, 0.05) is 18.6 Å². The molecule has 0 saturated carbocycles. The highest BCUT2D eigenvalue weighted by Crippen LogP contribution is 2.19. The first-order valence-electron chi connectivity index (χ1n) is 7.67. The lowest BCUT2D eigenvalue weighted by Crippen LogP contribution is -2.51. The van der Waals surface area contributed by atoms with Gasteiger partial charge in [0.25, 0.3) is 0 Å². The maximum absolute atomic E-state index is 3.60. The second-order valence-corrected chi connectivity index (χ2v) is 6.25. The van der Waals surface area contributed by atoms with Gasteiger partial charge in [-0.05, 0) is 58.9 Å². The van der Waals surface area contributed by atoms with Crippen molar-refractivity contribution in [1.29, 1.82) is 0 Å². The monoisotopic (exact) mass is 255 g/mol. The maximum atomic E-state index is 3.60. The van der Waals surface area contributed by atoms with Gasteiger partial charge in [0.15, 0.2) is 0 Å². The molecular weight excluding hydrogens is 222 g/mol. The lowest BCUT2D eigenvalue weighted by atomic mass is 9.97. The standard InChI is InChI=1S/C15H33N3/c1-6-9-16-12-15(13(2)3)18-10-7-14(8-11-18)17(4)5/h13-16H,6-12H2,1-5H3. The van der Waals surface area contributed by atoms with E-state index in [9.17, 15) is 0 Å². The van der Waals surface area contributed by atoms with Gasteiger partial charge < -0.3 is 10.2 Å². The molecule has 1 saturated heterocycles. The summed E-state index contributed by atoms with van der Waals surface area (Å²) in [5.41, 5.74) is 0. The Morgan fingerprint density at radius 2 is 1.83 bits per heavy atom. The van der Waals surface area contributed by atoms with E-state index in [-0.39, 0.29) is 0 Å². The SMILES string of the molecule is CCCNCC(C(C)C)N1CCC(N(C)C)CC1. The largest absolute Gasteiger partial charge is 0.315 e. The molecule has 1 rings (SSSR count). The van der Waals surface area contributed by atoms with Gasteiger partial charge in [-0.3, -0.25) is 4.90 Å². The van der Waals surface area contributed by atoms with E-state index in [1.807, 2.05) is 0 Å². The second kappa shape index (κ2) is 8.13. The zero-order valence-corrected chi connectivity index (χ0v) is 13.1. The predicted molar refractivity (Wildman–Crippen MR) is 80.1 cm³/mol. The third-order valence-corrected chi connectivity index (χ3v) is 4.25. The zero-order valence-electron chi connectivity index (χ0n) is 13.1. The molecule has 0 aromatic rings. The number of hydrogen-bond donors (Lipinski definition) is 1. The van der Waals surface area contributed by atoms with Crippen molar-refractivity contribution in [2.24, 2.45) is 5.92 Å². The van der Waals surface area contributed by atoms with Gasteiger partial charge in [-0.15, -0.1) is 0 Å². The Labute approximate surface area is 114 Å². The quantitative estimate of drug-likeness (QED) is 0.702. The van der Waals surface area contributed by atoms with Gasteiger partial charge in [0.1, 0.15) is 0 Å². The van der Waals surface area contributed by atoms with Crippen LogP contribution in [0.2, 0.25) is 0 Å². The smallest absolute Gasteiger partial charge is 0.0243 e. The van der Waals surface area contributed by atoms with Crippen LogP contribution in [0.1, 0.15) is 40.0 Å². The number of rotatable bonds is 7. The Balaban J connectivity index is 2.40. The molecule has 1 fully saturated rings. The molecule has 0 aromatic carbocycles. The maximum Gasteiger partial charge on any atom is 0.0243 e. The summed E-state index contributed by atoms with van der Waals surface area (Å²) in [5, 5.41) is 3.60. The second-order valence-electron chi connectivity index (χ2n) is 6.25. The van der Waals surface area contributed by atoms with E-state index in [0.717, 1.165) is 25.0 Å². The van der Waals surface area contributed by atoms with Crippen LogP contribution in [0.3, 0.4) is 0 Å². The van der Waals surface area contributed by atoms with E-state index in [4.69, 9.17) is 0 Å². The first-order valence-corrected chi connectivity index (χ1v) is 7.67. The molecule has 18 heavy (non-hydrogen) atoms. The minimum atomic E-state index is 0.708. The number of nitrogens with zero attached hydrogens (tertiary/aromatic N) is 2. The fraction of sp³-hybridized carbons (Fsp3) is 1.00. The average Bonchev–Trinajstić information content (AvgIpc) is 2.34. The van der Waals surface area contributed by atoms with Gasteiger partial charge in [0.2, 0.25) is 0 Å².